The Balaban J connectivity index is 2.64. The van der Waals surface area contributed by atoms with Gasteiger partial charge in [0.15, 0.2) is 10.5 Å². The second kappa shape index (κ2) is 3.54. The molecule has 78 valence electrons. The molecule has 0 aliphatic rings. The van der Waals surface area contributed by atoms with Gasteiger partial charge >= 0.3 is 0 Å². The number of aryl methyl sites for hydroxylation is 2. The summed E-state index contributed by atoms with van der Waals surface area (Å²) in [5.74, 6) is -0.536. The molecule has 6 heteroatoms. The molecule has 0 saturated carbocycles. The van der Waals surface area contributed by atoms with Gasteiger partial charge in [0.2, 0.25) is 0 Å². The summed E-state index contributed by atoms with van der Waals surface area (Å²) >= 11 is 4.74. The molecule has 2 heterocycles. The lowest BCUT2D eigenvalue weighted by Crippen LogP contribution is -1.95. The molecule has 0 unspecified atom stereocenters. The lowest BCUT2D eigenvalue weighted by Gasteiger charge is -1.97. The molecule has 0 fully saturated rings. The summed E-state index contributed by atoms with van der Waals surface area (Å²) in [6, 6.07) is 1.78. The number of rotatable bonds is 1. The summed E-state index contributed by atoms with van der Waals surface area (Å²) in [7, 11) is 1.80. The number of nitrogens with zero attached hydrogens (tertiary/aromatic N) is 3. The minimum absolute atomic E-state index is 0.0490. The van der Waals surface area contributed by atoms with Gasteiger partial charge in [-0.15, -0.1) is 0 Å². The van der Waals surface area contributed by atoms with Crippen LogP contribution in [0.25, 0.3) is 11.4 Å². The third kappa shape index (κ3) is 1.68. The minimum atomic E-state index is -0.536. The summed E-state index contributed by atoms with van der Waals surface area (Å²) in [6.07, 6.45) is 1.37. The summed E-state index contributed by atoms with van der Waals surface area (Å²) in [5, 5.41) is 4.15. The quantitative estimate of drug-likeness (QED) is 0.753. The molecule has 15 heavy (non-hydrogen) atoms. The first kappa shape index (κ1) is 9.97. The first-order valence-corrected chi connectivity index (χ1v) is 4.74. The molecule has 0 aliphatic carbocycles. The highest BCUT2D eigenvalue weighted by molar-refractivity contribution is 7.71. The van der Waals surface area contributed by atoms with E-state index in [4.69, 9.17) is 12.2 Å². The Labute approximate surface area is 90.8 Å². The van der Waals surface area contributed by atoms with Gasteiger partial charge in [-0.3, -0.25) is 4.68 Å². The van der Waals surface area contributed by atoms with Gasteiger partial charge in [-0.1, -0.05) is 12.2 Å². The van der Waals surface area contributed by atoms with Crippen molar-refractivity contribution in [3.05, 3.63) is 28.5 Å². The third-order valence-corrected chi connectivity index (χ3v) is 2.45. The molecule has 0 atom stereocenters. The molecule has 0 aliphatic heterocycles. The van der Waals surface area contributed by atoms with Crippen molar-refractivity contribution in [2.24, 2.45) is 7.05 Å². The molecule has 2 rings (SSSR count). The maximum atomic E-state index is 13.6. The van der Waals surface area contributed by atoms with Crippen LogP contribution in [0.5, 0.6) is 0 Å². The average Bonchev–Trinajstić information content (AvgIpc) is 2.51. The number of aromatic nitrogens is 4. The molecule has 0 aromatic carbocycles. The van der Waals surface area contributed by atoms with E-state index in [0.717, 1.165) is 5.69 Å². The van der Waals surface area contributed by atoms with E-state index >= 15 is 0 Å². The van der Waals surface area contributed by atoms with Crippen LogP contribution in [0.2, 0.25) is 0 Å². The molecule has 0 amide bonds. The molecule has 0 spiro atoms. The van der Waals surface area contributed by atoms with Gasteiger partial charge in [0.05, 0.1) is 6.33 Å². The Hall–Kier alpha value is -1.56. The zero-order valence-electron chi connectivity index (χ0n) is 8.28. The highest BCUT2D eigenvalue weighted by Crippen LogP contribution is 2.18. The van der Waals surface area contributed by atoms with E-state index in [1.54, 1.807) is 17.8 Å². The SMILES string of the molecule is Cc1cc(-c2[nH]cnc(=S)c2F)nn1C. The van der Waals surface area contributed by atoms with E-state index in [-0.39, 0.29) is 10.3 Å². The fourth-order valence-corrected chi connectivity index (χ4v) is 1.41. The third-order valence-electron chi connectivity index (χ3n) is 2.17. The number of aromatic amines is 1. The van der Waals surface area contributed by atoms with E-state index in [9.17, 15) is 4.39 Å². The Kier molecular flexibility index (Phi) is 2.36. The van der Waals surface area contributed by atoms with Gasteiger partial charge in [0.1, 0.15) is 11.4 Å². The highest BCUT2D eigenvalue weighted by atomic mass is 32.1. The standard InChI is InChI=1S/C9H9FN4S/c1-5-3-6(13-14(5)2)8-7(10)9(15)12-4-11-8/h3-4H,1-2H3,(H,11,12,15). The van der Waals surface area contributed by atoms with Gasteiger partial charge < -0.3 is 4.98 Å². The summed E-state index contributed by atoms with van der Waals surface area (Å²) in [4.78, 5) is 6.35. The van der Waals surface area contributed by atoms with Gasteiger partial charge in [0.25, 0.3) is 0 Å². The first-order chi connectivity index (χ1) is 7.09. The van der Waals surface area contributed by atoms with E-state index in [0.29, 0.717) is 5.69 Å². The minimum Gasteiger partial charge on any atom is -0.342 e. The molecule has 0 saturated heterocycles. The van der Waals surface area contributed by atoms with E-state index < -0.39 is 5.82 Å². The van der Waals surface area contributed by atoms with Crippen molar-refractivity contribution in [1.29, 1.82) is 0 Å². The van der Waals surface area contributed by atoms with E-state index in [2.05, 4.69) is 15.1 Å². The second-order valence-electron chi connectivity index (χ2n) is 3.19. The largest absolute Gasteiger partial charge is 0.342 e. The van der Waals surface area contributed by atoms with Crippen molar-refractivity contribution < 1.29 is 4.39 Å². The number of halogens is 1. The summed E-state index contributed by atoms with van der Waals surface area (Å²) in [5.41, 5.74) is 1.75. The Morgan fingerprint density at radius 3 is 2.87 bits per heavy atom. The van der Waals surface area contributed by atoms with Crippen molar-refractivity contribution >= 4 is 12.2 Å². The van der Waals surface area contributed by atoms with Crippen molar-refractivity contribution in [1.82, 2.24) is 19.7 Å². The molecule has 0 bridgehead atoms. The summed E-state index contributed by atoms with van der Waals surface area (Å²) < 4.78 is 15.2. The predicted molar refractivity (Wildman–Crippen MR) is 56.3 cm³/mol. The molecule has 2 aromatic heterocycles. The van der Waals surface area contributed by atoms with Crippen molar-refractivity contribution in [2.75, 3.05) is 0 Å². The van der Waals surface area contributed by atoms with Crippen LogP contribution < -0.4 is 0 Å². The molecule has 4 nitrogen and oxygen atoms in total. The molecule has 1 N–H and O–H groups in total. The van der Waals surface area contributed by atoms with Gasteiger partial charge in [-0.25, -0.2) is 9.37 Å². The van der Waals surface area contributed by atoms with Crippen LogP contribution in [0.15, 0.2) is 12.4 Å². The van der Waals surface area contributed by atoms with Crippen LogP contribution in [-0.4, -0.2) is 19.7 Å². The number of hydrogen-bond acceptors (Lipinski definition) is 3. The Bertz CT molecular complexity index is 538. The Morgan fingerprint density at radius 1 is 1.53 bits per heavy atom. The maximum Gasteiger partial charge on any atom is 0.185 e. The maximum absolute atomic E-state index is 13.6. The average molecular weight is 224 g/mol. The van der Waals surface area contributed by atoms with Gasteiger partial charge in [0, 0.05) is 12.7 Å². The van der Waals surface area contributed by atoms with Crippen LogP contribution in [0.4, 0.5) is 4.39 Å². The zero-order valence-corrected chi connectivity index (χ0v) is 9.10. The fourth-order valence-electron chi connectivity index (χ4n) is 1.25. The van der Waals surface area contributed by atoms with Crippen molar-refractivity contribution in [3.8, 4) is 11.4 Å². The lowest BCUT2D eigenvalue weighted by atomic mass is 10.3. The molecule has 2 aromatic rings. The van der Waals surface area contributed by atoms with Crippen molar-refractivity contribution in [2.45, 2.75) is 6.92 Å². The number of nitrogens with one attached hydrogen (secondary N) is 1. The number of H-pyrrole nitrogens is 1. The fraction of sp³-hybridized carbons (Fsp3) is 0.222. The van der Waals surface area contributed by atoms with Crippen molar-refractivity contribution in [3.63, 3.8) is 0 Å². The summed E-state index contributed by atoms with van der Waals surface area (Å²) in [6.45, 7) is 1.89. The predicted octanol–water partition coefficient (Wildman–Crippen LogP) is 1.99. The molecular weight excluding hydrogens is 215 g/mol. The topological polar surface area (TPSA) is 46.5 Å². The van der Waals surface area contributed by atoms with Crippen LogP contribution in [0, 0.1) is 17.4 Å². The second-order valence-corrected chi connectivity index (χ2v) is 3.58. The van der Waals surface area contributed by atoms with Crippen LogP contribution in [0.3, 0.4) is 0 Å². The monoisotopic (exact) mass is 224 g/mol. The normalized spacial score (nSPS) is 10.6. The van der Waals surface area contributed by atoms with Gasteiger partial charge in [-0.05, 0) is 13.0 Å². The van der Waals surface area contributed by atoms with Gasteiger partial charge in [-0.2, -0.15) is 5.10 Å². The lowest BCUT2D eigenvalue weighted by molar-refractivity contribution is 0.611. The van der Waals surface area contributed by atoms with Crippen LogP contribution >= 0.6 is 12.2 Å². The first-order valence-electron chi connectivity index (χ1n) is 4.34. The van der Waals surface area contributed by atoms with E-state index in [1.165, 1.54) is 6.33 Å². The van der Waals surface area contributed by atoms with E-state index in [1.807, 2.05) is 6.92 Å². The zero-order chi connectivity index (χ0) is 11.0. The van der Waals surface area contributed by atoms with Crippen LogP contribution in [-0.2, 0) is 7.05 Å². The molecular formula is C9H9FN4S. The Morgan fingerprint density at radius 2 is 2.27 bits per heavy atom. The molecule has 0 radical (unpaired) electrons. The van der Waals surface area contributed by atoms with Crippen LogP contribution in [0.1, 0.15) is 5.69 Å². The highest BCUT2D eigenvalue weighted by Gasteiger charge is 2.11. The smallest absolute Gasteiger partial charge is 0.185 e. The number of hydrogen-bond donors (Lipinski definition) is 1.